The van der Waals surface area contributed by atoms with Crippen LogP contribution in [0.25, 0.3) is 0 Å². The number of fused-ring (bicyclic) bond motifs is 2. The van der Waals surface area contributed by atoms with Crippen LogP contribution >= 0.6 is 0 Å². The smallest absolute Gasteiger partial charge is 0.226 e. The van der Waals surface area contributed by atoms with E-state index < -0.39 is 0 Å². The number of benzene rings is 1. The minimum Gasteiger partial charge on any atom is -0.356 e. The molecule has 154 valence electrons. The number of carbonyl (C=O) groups excluding carboxylic acids is 2. The Morgan fingerprint density at radius 2 is 1.86 bits per heavy atom. The van der Waals surface area contributed by atoms with Gasteiger partial charge in [0.2, 0.25) is 11.8 Å². The lowest BCUT2D eigenvalue weighted by atomic mass is 9.87. The number of allylic oxidation sites excluding steroid dienone is 2. The monoisotopic (exact) mass is 392 g/mol. The predicted molar refractivity (Wildman–Crippen MR) is 113 cm³/mol. The number of rotatable bonds is 6. The summed E-state index contributed by atoms with van der Waals surface area (Å²) in [6.07, 6.45) is 11.8. The maximum Gasteiger partial charge on any atom is 0.226 e. The number of carbonyl (C=O) groups is 2. The Balaban J connectivity index is 1.04. The molecule has 0 aromatic heterocycles. The molecule has 29 heavy (non-hydrogen) atoms. The average molecular weight is 393 g/mol. The second kappa shape index (κ2) is 7.62. The largest absolute Gasteiger partial charge is 0.356 e. The summed E-state index contributed by atoms with van der Waals surface area (Å²) in [7, 11) is 0. The van der Waals surface area contributed by atoms with Crippen LogP contribution in [0.15, 0.2) is 42.5 Å². The molecule has 3 aliphatic carbocycles. The fourth-order valence-electron chi connectivity index (χ4n) is 6.01. The Labute approximate surface area is 173 Å². The molecule has 4 heteroatoms. The number of nitrogens with one attached hydrogen (secondary N) is 1. The summed E-state index contributed by atoms with van der Waals surface area (Å²) in [5.74, 6) is 2.13. The van der Waals surface area contributed by atoms with Gasteiger partial charge in [-0.15, -0.1) is 0 Å². The molecule has 1 spiro atoms. The van der Waals surface area contributed by atoms with Crippen LogP contribution < -0.4 is 5.32 Å². The van der Waals surface area contributed by atoms with Gasteiger partial charge in [0.05, 0.1) is 0 Å². The SMILES string of the molecule is O=C(NCCCc1ccccc1)C1CC12CCN(C(=O)[C@H]1C[C@@H]3C=C[C@H]1C3)CC2. The van der Waals surface area contributed by atoms with Crippen molar-refractivity contribution in [1.82, 2.24) is 10.2 Å². The molecule has 1 saturated heterocycles. The van der Waals surface area contributed by atoms with E-state index in [0.717, 1.165) is 58.2 Å². The van der Waals surface area contributed by atoms with Gasteiger partial charge in [0.25, 0.3) is 0 Å². The lowest BCUT2D eigenvalue weighted by Crippen LogP contribution is -2.44. The third-order valence-corrected chi connectivity index (χ3v) is 7.96. The van der Waals surface area contributed by atoms with Gasteiger partial charge in [0.15, 0.2) is 0 Å². The highest BCUT2D eigenvalue weighted by molar-refractivity contribution is 5.83. The topological polar surface area (TPSA) is 49.4 Å². The number of hydrogen-bond donors (Lipinski definition) is 1. The first-order valence-electron chi connectivity index (χ1n) is 11.4. The highest BCUT2D eigenvalue weighted by atomic mass is 16.2. The van der Waals surface area contributed by atoms with Crippen molar-refractivity contribution in [2.24, 2.45) is 29.1 Å². The van der Waals surface area contributed by atoms with Gasteiger partial charge in [0.1, 0.15) is 0 Å². The Morgan fingerprint density at radius 3 is 2.55 bits per heavy atom. The molecule has 1 heterocycles. The summed E-state index contributed by atoms with van der Waals surface area (Å²) in [4.78, 5) is 27.6. The summed E-state index contributed by atoms with van der Waals surface area (Å²) in [5, 5.41) is 3.16. The van der Waals surface area contributed by atoms with Crippen LogP contribution in [0.4, 0.5) is 0 Å². The van der Waals surface area contributed by atoms with Crippen molar-refractivity contribution in [1.29, 1.82) is 0 Å². The van der Waals surface area contributed by atoms with Crippen LogP contribution in [-0.2, 0) is 16.0 Å². The van der Waals surface area contributed by atoms with E-state index in [9.17, 15) is 9.59 Å². The van der Waals surface area contributed by atoms with Crippen molar-refractivity contribution in [3.63, 3.8) is 0 Å². The Morgan fingerprint density at radius 1 is 1.07 bits per heavy atom. The minimum atomic E-state index is 0.168. The van der Waals surface area contributed by atoms with E-state index in [-0.39, 0.29) is 23.2 Å². The number of amides is 2. The van der Waals surface area contributed by atoms with E-state index in [1.165, 1.54) is 12.0 Å². The lowest BCUT2D eigenvalue weighted by molar-refractivity contribution is -0.138. The second-order valence-electron chi connectivity index (χ2n) is 9.71. The first-order valence-corrected chi connectivity index (χ1v) is 11.4. The molecule has 1 aromatic carbocycles. The summed E-state index contributed by atoms with van der Waals surface area (Å²) in [5.41, 5.74) is 1.50. The van der Waals surface area contributed by atoms with E-state index in [0.29, 0.717) is 17.7 Å². The number of likely N-dealkylation sites (tertiary alicyclic amines) is 1. The van der Waals surface area contributed by atoms with Gasteiger partial charge in [-0.2, -0.15) is 0 Å². The number of piperidine rings is 1. The zero-order chi connectivity index (χ0) is 19.8. The quantitative estimate of drug-likeness (QED) is 0.594. The van der Waals surface area contributed by atoms with E-state index in [1.807, 2.05) is 6.07 Å². The first kappa shape index (κ1) is 18.9. The molecule has 2 saturated carbocycles. The van der Waals surface area contributed by atoms with Gasteiger partial charge in [-0.1, -0.05) is 42.5 Å². The van der Waals surface area contributed by atoms with Crippen LogP contribution in [0.2, 0.25) is 0 Å². The first-order chi connectivity index (χ1) is 14.1. The van der Waals surface area contributed by atoms with Gasteiger partial charge in [-0.3, -0.25) is 9.59 Å². The summed E-state index contributed by atoms with van der Waals surface area (Å²) in [6, 6.07) is 10.4. The number of nitrogens with zero attached hydrogens (tertiary/aromatic N) is 1. The molecule has 4 atom stereocenters. The van der Waals surface area contributed by atoms with Gasteiger partial charge in [0, 0.05) is 31.5 Å². The molecule has 1 aliphatic heterocycles. The predicted octanol–water partition coefficient (Wildman–Crippen LogP) is 3.58. The van der Waals surface area contributed by atoms with Crippen molar-refractivity contribution >= 4 is 11.8 Å². The van der Waals surface area contributed by atoms with Gasteiger partial charge >= 0.3 is 0 Å². The summed E-state index contributed by atoms with van der Waals surface area (Å²) >= 11 is 0. The molecular weight excluding hydrogens is 360 g/mol. The molecule has 4 aliphatic rings. The highest BCUT2D eigenvalue weighted by Crippen LogP contribution is 2.59. The molecule has 1 unspecified atom stereocenters. The van der Waals surface area contributed by atoms with Crippen molar-refractivity contribution in [3.05, 3.63) is 48.0 Å². The molecule has 3 fully saturated rings. The van der Waals surface area contributed by atoms with Gasteiger partial charge in [-0.25, -0.2) is 0 Å². The van der Waals surface area contributed by atoms with Crippen molar-refractivity contribution in [2.45, 2.75) is 44.9 Å². The van der Waals surface area contributed by atoms with E-state index in [2.05, 4.69) is 46.6 Å². The van der Waals surface area contributed by atoms with Crippen LogP contribution in [0.3, 0.4) is 0 Å². The molecule has 1 aromatic rings. The standard InChI is InChI=1S/C25H32N2O2/c28-23(26-12-4-7-18-5-2-1-3-6-18)22-17-25(22)10-13-27(14-11-25)24(29)21-16-19-8-9-20(21)15-19/h1-3,5-6,8-9,19-22H,4,7,10-17H2,(H,26,28)/t19-,20+,21+,22?/m1/s1. The maximum absolute atomic E-state index is 12.9. The fourth-order valence-corrected chi connectivity index (χ4v) is 6.01. The van der Waals surface area contributed by atoms with Crippen LogP contribution in [0.1, 0.15) is 44.1 Å². The Bertz CT molecular complexity index is 794. The van der Waals surface area contributed by atoms with E-state index >= 15 is 0 Å². The van der Waals surface area contributed by atoms with Crippen molar-refractivity contribution in [2.75, 3.05) is 19.6 Å². The Kier molecular flexibility index (Phi) is 4.97. The zero-order valence-corrected chi connectivity index (χ0v) is 17.2. The van der Waals surface area contributed by atoms with Crippen LogP contribution in [0.5, 0.6) is 0 Å². The molecule has 2 bridgehead atoms. The number of aryl methyl sites for hydroxylation is 1. The third-order valence-electron chi connectivity index (χ3n) is 7.96. The van der Waals surface area contributed by atoms with Gasteiger partial charge in [-0.05, 0) is 67.8 Å². The number of hydrogen-bond acceptors (Lipinski definition) is 2. The van der Waals surface area contributed by atoms with Crippen molar-refractivity contribution in [3.8, 4) is 0 Å². The summed E-state index contributed by atoms with van der Waals surface area (Å²) in [6.45, 7) is 2.44. The van der Waals surface area contributed by atoms with Gasteiger partial charge < -0.3 is 10.2 Å². The highest BCUT2D eigenvalue weighted by Gasteiger charge is 2.59. The maximum atomic E-state index is 12.9. The van der Waals surface area contributed by atoms with E-state index in [4.69, 9.17) is 0 Å². The zero-order valence-electron chi connectivity index (χ0n) is 17.2. The molecular formula is C25H32N2O2. The van der Waals surface area contributed by atoms with E-state index in [1.54, 1.807) is 0 Å². The molecule has 2 amide bonds. The molecule has 1 N–H and O–H groups in total. The summed E-state index contributed by atoms with van der Waals surface area (Å²) < 4.78 is 0. The molecule has 5 rings (SSSR count). The lowest BCUT2D eigenvalue weighted by Gasteiger charge is -2.35. The second-order valence-corrected chi connectivity index (χ2v) is 9.71. The fraction of sp³-hybridized carbons (Fsp3) is 0.600. The van der Waals surface area contributed by atoms with Crippen LogP contribution in [-0.4, -0.2) is 36.3 Å². The minimum absolute atomic E-state index is 0.168. The molecule has 4 nitrogen and oxygen atoms in total. The van der Waals surface area contributed by atoms with Crippen molar-refractivity contribution < 1.29 is 9.59 Å². The molecule has 0 radical (unpaired) electrons. The third kappa shape index (κ3) is 3.74. The average Bonchev–Trinajstić information content (AvgIpc) is 3.09. The normalized spacial score (nSPS) is 31.2. The van der Waals surface area contributed by atoms with Crippen LogP contribution in [0, 0.1) is 29.1 Å². The Hall–Kier alpha value is -2.10.